The van der Waals surface area contributed by atoms with Gasteiger partial charge in [-0.1, -0.05) is 13.3 Å². The summed E-state index contributed by atoms with van der Waals surface area (Å²) in [5.41, 5.74) is 5.41. The highest BCUT2D eigenvalue weighted by Gasteiger charge is 2.12. The molecule has 4 nitrogen and oxygen atoms in total. The summed E-state index contributed by atoms with van der Waals surface area (Å²) in [5.74, 6) is -0.425. The zero-order chi connectivity index (χ0) is 9.40. The fourth-order valence-corrected chi connectivity index (χ4v) is 0.676. The van der Waals surface area contributed by atoms with Crippen LogP contribution in [0.3, 0.4) is 0 Å². The van der Waals surface area contributed by atoms with Gasteiger partial charge in [-0.15, -0.1) is 0 Å². The van der Waals surface area contributed by atoms with Gasteiger partial charge in [0.1, 0.15) is 6.04 Å². The number of rotatable bonds is 6. The van der Waals surface area contributed by atoms with E-state index < -0.39 is 12.0 Å². The lowest BCUT2D eigenvalue weighted by Crippen LogP contribution is -2.36. The molecule has 0 rings (SSSR count). The number of carbonyl (C=O) groups excluding carboxylic acids is 1. The monoisotopic (exact) mass is 175 g/mol. The molecule has 0 saturated carbocycles. The van der Waals surface area contributed by atoms with E-state index in [4.69, 9.17) is 10.5 Å². The molecule has 2 N–H and O–H groups in total. The molecular formula is C8H17NO3. The van der Waals surface area contributed by atoms with Crippen molar-refractivity contribution in [3.05, 3.63) is 0 Å². The number of nitrogens with two attached hydrogens (primary N) is 1. The second-order valence-electron chi connectivity index (χ2n) is 2.56. The van der Waals surface area contributed by atoms with Crippen molar-refractivity contribution in [2.45, 2.75) is 25.8 Å². The van der Waals surface area contributed by atoms with E-state index in [9.17, 15) is 4.79 Å². The van der Waals surface area contributed by atoms with Crippen LogP contribution < -0.4 is 5.73 Å². The van der Waals surface area contributed by atoms with Gasteiger partial charge in [0, 0.05) is 6.61 Å². The average Bonchev–Trinajstić information content (AvgIpc) is 2.10. The maximum atomic E-state index is 10.7. The van der Waals surface area contributed by atoms with Gasteiger partial charge in [-0.3, -0.25) is 4.79 Å². The minimum absolute atomic E-state index is 0.243. The van der Waals surface area contributed by atoms with E-state index in [1.165, 1.54) is 7.11 Å². The van der Waals surface area contributed by atoms with Crippen LogP contribution >= 0.6 is 0 Å². The minimum Gasteiger partial charge on any atom is -0.468 e. The maximum absolute atomic E-state index is 10.7. The van der Waals surface area contributed by atoms with Gasteiger partial charge in [0.15, 0.2) is 0 Å². The summed E-state index contributed by atoms with van der Waals surface area (Å²) < 4.78 is 9.56. The molecular weight excluding hydrogens is 158 g/mol. The number of esters is 1. The van der Waals surface area contributed by atoms with E-state index in [1.807, 2.05) is 0 Å². The zero-order valence-corrected chi connectivity index (χ0v) is 7.71. The molecule has 72 valence electrons. The molecule has 4 heteroatoms. The third-order valence-electron chi connectivity index (χ3n) is 1.44. The molecule has 0 aliphatic rings. The van der Waals surface area contributed by atoms with Crippen molar-refractivity contribution in [2.75, 3.05) is 20.3 Å². The van der Waals surface area contributed by atoms with Gasteiger partial charge in [-0.25, -0.2) is 0 Å². The summed E-state index contributed by atoms with van der Waals surface area (Å²) >= 11 is 0. The van der Waals surface area contributed by atoms with Crippen LogP contribution in [-0.4, -0.2) is 32.3 Å². The number of carbonyl (C=O) groups is 1. The molecule has 0 aliphatic carbocycles. The lowest BCUT2D eigenvalue weighted by Gasteiger charge is -2.08. The first-order valence-corrected chi connectivity index (χ1v) is 4.13. The first kappa shape index (κ1) is 11.4. The van der Waals surface area contributed by atoms with E-state index >= 15 is 0 Å². The number of ether oxygens (including phenoxy) is 2. The Bertz CT molecular complexity index is 127. The van der Waals surface area contributed by atoms with E-state index in [0.717, 1.165) is 12.8 Å². The van der Waals surface area contributed by atoms with Crippen molar-refractivity contribution in [2.24, 2.45) is 5.73 Å². The summed E-state index contributed by atoms with van der Waals surface area (Å²) in [4.78, 5) is 10.7. The molecule has 0 saturated heterocycles. The molecule has 0 fully saturated rings. The number of unbranched alkanes of at least 4 members (excludes halogenated alkanes) is 1. The molecule has 0 heterocycles. The second-order valence-corrected chi connectivity index (χ2v) is 2.56. The van der Waals surface area contributed by atoms with Gasteiger partial charge < -0.3 is 15.2 Å². The van der Waals surface area contributed by atoms with Gasteiger partial charge in [0.05, 0.1) is 13.7 Å². The quantitative estimate of drug-likeness (QED) is 0.466. The molecule has 0 aliphatic heterocycles. The van der Waals surface area contributed by atoms with Crippen LogP contribution in [-0.2, 0) is 14.3 Å². The molecule has 12 heavy (non-hydrogen) atoms. The minimum atomic E-state index is -0.646. The van der Waals surface area contributed by atoms with Crippen LogP contribution in [0.4, 0.5) is 0 Å². The van der Waals surface area contributed by atoms with Crippen molar-refractivity contribution in [1.29, 1.82) is 0 Å². The van der Waals surface area contributed by atoms with Crippen molar-refractivity contribution < 1.29 is 14.3 Å². The van der Waals surface area contributed by atoms with Gasteiger partial charge in [0.25, 0.3) is 0 Å². The van der Waals surface area contributed by atoms with E-state index in [2.05, 4.69) is 11.7 Å². The lowest BCUT2D eigenvalue weighted by molar-refractivity contribution is -0.143. The van der Waals surface area contributed by atoms with Crippen LogP contribution in [0.5, 0.6) is 0 Å². The Labute approximate surface area is 73.0 Å². The van der Waals surface area contributed by atoms with Crippen molar-refractivity contribution >= 4 is 5.97 Å². The third-order valence-corrected chi connectivity index (χ3v) is 1.44. The van der Waals surface area contributed by atoms with Gasteiger partial charge in [0.2, 0.25) is 0 Å². The van der Waals surface area contributed by atoms with Crippen LogP contribution in [0.1, 0.15) is 19.8 Å². The second kappa shape index (κ2) is 7.06. The Kier molecular flexibility index (Phi) is 6.70. The molecule has 0 bridgehead atoms. The third kappa shape index (κ3) is 5.09. The standard InChI is InChI=1S/C8H17NO3/c1-3-4-5-12-6-7(9)8(10)11-2/h7H,3-6,9H2,1-2H3. The first-order valence-electron chi connectivity index (χ1n) is 4.13. The van der Waals surface area contributed by atoms with Crippen LogP contribution in [0.2, 0.25) is 0 Å². The average molecular weight is 175 g/mol. The highest BCUT2D eigenvalue weighted by atomic mass is 16.5. The molecule has 0 aromatic carbocycles. The molecule has 0 radical (unpaired) electrons. The predicted molar refractivity (Wildman–Crippen MR) is 45.7 cm³/mol. The Morgan fingerprint density at radius 3 is 2.75 bits per heavy atom. The van der Waals surface area contributed by atoms with Crippen LogP contribution in [0, 0.1) is 0 Å². The zero-order valence-electron chi connectivity index (χ0n) is 7.71. The van der Waals surface area contributed by atoms with Crippen molar-refractivity contribution in [3.8, 4) is 0 Å². The predicted octanol–water partition coefficient (Wildman–Crippen LogP) is 0.303. The number of hydrogen-bond acceptors (Lipinski definition) is 4. The molecule has 0 aromatic rings. The summed E-state index contributed by atoms with van der Waals surface area (Å²) in [6.07, 6.45) is 2.07. The smallest absolute Gasteiger partial charge is 0.325 e. The van der Waals surface area contributed by atoms with Gasteiger partial charge in [-0.05, 0) is 6.42 Å². The SMILES string of the molecule is CCCCOCC(N)C(=O)OC. The topological polar surface area (TPSA) is 61.5 Å². The molecule has 0 amide bonds. The van der Waals surface area contributed by atoms with Gasteiger partial charge in [-0.2, -0.15) is 0 Å². The fraction of sp³-hybridized carbons (Fsp3) is 0.875. The van der Waals surface area contributed by atoms with Crippen molar-refractivity contribution in [3.63, 3.8) is 0 Å². The molecule has 0 aromatic heterocycles. The molecule has 0 spiro atoms. The molecule has 1 atom stereocenters. The maximum Gasteiger partial charge on any atom is 0.325 e. The van der Waals surface area contributed by atoms with Gasteiger partial charge >= 0.3 is 5.97 Å². The summed E-state index contributed by atoms with van der Waals surface area (Å²) in [6.45, 7) is 2.97. The van der Waals surface area contributed by atoms with E-state index in [-0.39, 0.29) is 6.61 Å². The first-order chi connectivity index (χ1) is 5.72. The largest absolute Gasteiger partial charge is 0.468 e. The number of hydrogen-bond donors (Lipinski definition) is 1. The highest BCUT2D eigenvalue weighted by Crippen LogP contribution is 1.90. The number of methoxy groups -OCH3 is 1. The summed E-state index contributed by atoms with van der Waals surface area (Å²) in [5, 5.41) is 0. The lowest BCUT2D eigenvalue weighted by atomic mass is 10.3. The molecule has 1 unspecified atom stereocenters. The van der Waals surface area contributed by atoms with Crippen molar-refractivity contribution in [1.82, 2.24) is 0 Å². The van der Waals surface area contributed by atoms with Crippen LogP contribution in [0.15, 0.2) is 0 Å². The Hall–Kier alpha value is -0.610. The normalized spacial score (nSPS) is 12.6. The van der Waals surface area contributed by atoms with Crippen LogP contribution in [0.25, 0.3) is 0 Å². The van der Waals surface area contributed by atoms with E-state index in [0.29, 0.717) is 6.61 Å². The Balaban J connectivity index is 3.31. The fourth-order valence-electron chi connectivity index (χ4n) is 0.676. The Morgan fingerprint density at radius 2 is 2.25 bits per heavy atom. The van der Waals surface area contributed by atoms with E-state index in [1.54, 1.807) is 0 Å². The summed E-state index contributed by atoms with van der Waals surface area (Å²) in [7, 11) is 1.31. The summed E-state index contributed by atoms with van der Waals surface area (Å²) in [6, 6.07) is -0.646. The Morgan fingerprint density at radius 1 is 1.58 bits per heavy atom. The highest BCUT2D eigenvalue weighted by molar-refractivity contribution is 5.75.